The first-order chi connectivity index (χ1) is 6.19. The molecule has 72 valence electrons. The van der Waals surface area contributed by atoms with Crippen LogP contribution >= 0.6 is 0 Å². The predicted octanol–water partition coefficient (Wildman–Crippen LogP) is 0.680. The molecule has 1 aliphatic rings. The summed E-state index contributed by atoms with van der Waals surface area (Å²) in [6.07, 6.45) is 4.47. The number of likely N-dealkylation sites (tertiary alicyclic amines) is 1. The van der Waals surface area contributed by atoms with Crippen LogP contribution in [0.4, 0.5) is 0 Å². The summed E-state index contributed by atoms with van der Waals surface area (Å²) in [4.78, 5) is 13.1. The number of carbonyl (C=O) groups excluding carboxylic acids is 1. The normalized spacial score (nSPS) is 24.5. The van der Waals surface area contributed by atoms with Crippen LogP contribution in [0.5, 0.6) is 0 Å². The van der Waals surface area contributed by atoms with Crippen molar-refractivity contribution in [2.75, 3.05) is 20.1 Å². The Morgan fingerprint density at radius 3 is 2.77 bits per heavy atom. The summed E-state index contributed by atoms with van der Waals surface area (Å²) in [6.45, 7) is 3.20. The molecular formula is C10H16N2O. The Morgan fingerprint density at radius 1 is 1.54 bits per heavy atom. The smallest absolute Gasteiger partial charge is 0.227 e. The van der Waals surface area contributed by atoms with E-state index < -0.39 is 0 Å². The summed E-state index contributed by atoms with van der Waals surface area (Å²) in [6, 6.07) is 0. The lowest BCUT2D eigenvalue weighted by Crippen LogP contribution is -2.34. The summed E-state index contributed by atoms with van der Waals surface area (Å²) in [5.41, 5.74) is 7.73. The molecule has 1 heterocycles. The average molecular weight is 180 g/mol. The van der Waals surface area contributed by atoms with Crippen molar-refractivity contribution in [1.29, 1.82) is 0 Å². The number of nitrogens with two attached hydrogens (primary N) is 1. The number of hydrogen-bond acceptors (Lipinski definition) is 2. The summed E-state index contributed by atoms with van der Waals surface area (Å²) < 4.78 is 0. The Kier molecular flexibility index (Phi) is 3.25. The first kappa shape index (κ1) is 9.99. The average Bonchev–Trinajstić information content (AvgIpc) is 2.11. The van der Waals surface area contributed by atoms with Gasteiger partial charge in [0.05, 0.1) is 6.42 Å². The van der Waals surface area contributed by atoms with Crippen LogP contribution in [0.15, 0.2) is 23.3 Å². The first-order valence-corrected chi connectivity index (χ1v) is 4.47. The van der Waals surface area contributed by atoms with Gasteiger partial charge in [-0.15, -0.1) is 0 Å². The Balaban J connectivity index is 2.85. The highest BCUT2D eigenvalue weighted by molar-refractivity contribution is 5.82. The lowest BCUT2D eigenvalue weighted by molar-refractivity contribution is -0.129. The van der Waals surface area contributed by atoms with Gasteiger partial charge < -0.3 is 10.6 Å². The largest absolute Gasteiger partial charge is 0.341 e. The standard InChI is InChI=1S/C10H16N2O/c1-3-8-7-12(2)10(13)6-9(8)4-5-11/h3-4H,5-7,11H2,1-2H3/b8-3-,9-4-. The zero-order chi connectivity index (χ0) is 9.84. The minimum absolute atomic E-state index is 0.172. The second-order valence-electron chi connectivity index (χ2n) is 3.21. The minimum atomic E-state index is 0.172. The van der Waals surface area contributed by atoms with Gasteiger partial charge in [-0.3, -0.25) is 4.79 Å². The Bertz CT molecular complexity index is 266. The zero-order valence-electron chi connectivity index (χ0n) is 8.21. The number of carbonyl (C=O) groups is 1. The second-order valence-corrected chi connectivity index (χ2v) is 3.21. The molecule has 3 nitrogen and oxygen atoms in total. The molecule has 1 fully saturated rings. The number of piperidine rings is 1. The lowest BCUT2D eigenvalue weighted by atomic mass is 9.97. The van der Waals surface area contributed by atoms with Crippen molar-refractivity contribution < 1.29 is 4.79 Å². The van der Waals surface area contributed by atoms with Crippen LogP contribution in [-0.2, 0) is 4.79 Å². The van der Waals surface area contributed by atoms with Gasteiger partial charge >= 0.3 is 0 Å². The maximum Gasteiger partial charge on any atom is 0.227 e. The van der Waals surface area contributed by atoms with Crippen LogP contribution in [0.3, 0.4) is 0 Å². The molecule has 1 amide bonds. The fourth-order valence-corrected chi connectivity index (χ4v) is 1.48. The molecular weight excluding hydrogens is 164 g/mol. The third-order valence-electron chi connectivity index (χ3n) is 2.30. The Labute approximate surface area is 78.9 Å². The van der Waals surface area contributed by atoms with Crippen molar-refractivity contribution in [2.24, 2.45) is 5.73 Å². The number of amides is 1. The molecule has 0 radical (unpaired) electrons. The van der Waals surface area contributed by atoms with E-state index in [4.69, 9.17) is 5.73 Å². The topological polar surface area (TPSA) is 46.3 Å². The molecule has 2 N–H and O–H groups in total. The van der Waals surface area contributed by atoms with E-state index in [0.717, 1.165) is 5.57 Å². The summed E-state index contributed by atoms with van der Waals surface area (Å²) in [5, 5.41) is 0. The number of allylic oxidation sites excluding steroid dienone is 1. The van der Waals surface area contributed by atoms with Gasteiger partial charge in [-0.05, 0) is 18.1 Å². The van der Waals surface area contributed by atoms with E-state index >= 15 is 0 Å². The van der Waals surface area contributed by atoms with Crippen molar-refractivity contribution >= 4 is 5.91 Å². The second kappa shape index (κ2) is 4.23. The van der Waals surface area contributed by atoms with E-state index in [1.807, 2.05) is 26.1 Å². The van der Waals surface area contributed by atoms with Crippen LogP contribution in [0.25, 0.3) is 0 Å². The van der Waals surface area contributed by atoms with Gasteiger partial charge in [0.15, 0.2) is 0 Å². The van der Waals surface area contributed by atoms with E-state index in [0.29, 0.717) is 19.5 Å². The van der Waals surface area contributed by atoms with E-state index in [9.17, 15) is 4.79 Å². The molecule has 0 aromatic carbocycles. The molecule has 0 spiro atoms. The fraction of sp³-hybridized carbons (Fsp3) is 0.500. The summed E-state index contributed by atoms with van der Waals surface area (Å²) in [5.74, 6) is 0.172. The van der Waals surface area contributed by atoms with Gasteiger partial charge in [0.1, 0.15) is 0 Å². The van der Waals surface area contributed by atoms with Crippen LogP contribution in [0.1, 0.15) is 13.3 Å². The van der Waals surface area contributed by atoms with E-state index in [2.05, 4.69) is 0 Å². The number of nitrogens with zero attached hydrogens (tertiary/aromatic N) is 1. The highest BCUT2D eigenvalue weighted by Gasteiger charge is 2.20. The van der Waals surface area contributed by atoms with Gasteiger partial charge in [0.2, 0.25) is 5.91 Å². The maximum absolute atomic E-state index is 11.4. The molecule has 1 saturated heterocycles. The van der Waals surface area contributed by atoms with E-state index in [1.54, 1.807) is 4.90 Å². The van der Waals surface area contributed by atoms with Gasteiger partial charge in [-0.25, -0.2) is 0 Å². The Hall–Kier alpha value is -1.09. The SMILES string of the molecule is C/C=C1/CN(C)C(=O)C/C1=C/CN. The van der Waals surface area contributed by atoms with Crippen LogP contribution in [0.2, 0.25) is 0 Å². The lowest BCUT2D eigenvalue weighted by Gasteiger charge is -2.26. The number of likely N-dealkylation sites (N-methyl/N-ethyl adjacent to an activating group) is 1. The molecule has 0 saturated carbocycles. The summed E-state index contributed by atoms with van der Waals surface area (Å²) in [7, 11) is 1.82. The van der Waals surface area contributed by atoms with Crippen molar-refractivity contribution in [3.63, 3.8) is 0 Å². The first-order valence-electron chi connectivity index (χ1n) is 4.47. The molecule has 0 atom stereocenters. The quantitative estimate of drug-likeness (QED) is 0.645. The van der Waals surface area contributed by atoms with Crippen molar-refractivity contribution in [1.82, 2.24) is 4.90 Å². The van der Waals surface area contributed by atoms with Crippen LogP contribution in [-0.4, -0.2) is 30.9 Å². The third-order valence-corrected chi connectivity index (χ3v) is 2.30. The van der Waals surface area contributed by atoms with Crippen molar-refractivity contribution in [3.05, 3.63) is 23.3 Å². The molecule has 1 rings (SSSR count). The van der Waals surface area contributed by atoms with Gasteiger partial charge in [0.25, 0.3) is 0 Å². The monoisotopic (exact) mass is 180 g/mol. The highest BCUT2D eigenvalue weighted by Crippen LogP contribution is 2.21. The number of hydrogen-bond donors (Lipinski definition) is 1. The fourth-order valence-electron chi connectivity index (χ4n) is 1.48. The molecule has 0 bridgehead atoms. The maximum atomic E-state index is 11.4. The van der Waals surface area contributed by atoms with Crippen molar-refractivity contribution in [3.8, 4) is 0 Å². The van der Waals surface area contributed by atoms with Crippen LogP contribution < -0.4 is 5.73 Å². The molecule has 13 heavy (non-hydrogen) atoms. The molecule has 0 unspecified atom stereocenters. The van der Waals surface area contributed by atoms with Crippen LogP contribution in [0, 0.1) is 0 Å². The molecule has 0 aromatic heterocycles. The molecule has 0 aromatic rings. The van der Waals surface area contributed by atoms with E-state index in [1.165, 1.54) is 5.57 Å². The zero-order valence-corrected chi connectivity index (χ0v) is 8.21. The summed E-state index contributed by atoms with van der Waals surface area (Å²) >= 11 is 0. The molecule has 3 heteroatoms. The highest BCUT2D eigenvalue weighted by atomic mass is 16.2. The minimum Gasteiger partial charge on any atom is -0.341 e. The van der Waals surface area contributed by atoms with Crippen molar-refractivity contribution in [2.45, 2.75) is 13.3 Å². The predicted molar refractivity (Wildman–Crippen MR) is 53.1 cm³/mol. The third kappa shape index (κ3) is 2.18. The van der Waals surface area contributed by atoms with Gasteiger partial charge in [-0.2, -0.15) is 0 Å². The van der Waals surface area contributed by atoms with Gasteiger partial charge in [0, 0.05) is 20.1 Å². The number of rotatable bonds is 1. The van der Waals surface area contributed by atoms with E-state index in [-0.39, 0.29) is 5.91 Å². The Morgan fingerprint density at radius 2 is 2.23 bits per heavy atom. The van der Waals surface area contributed by atoms with Gasteiger partial charge in [-0.1, -0.05) is 12.2 Å². The molecule has 1 aliphatic heterocycles. The molecule has 0 aliphatic carbocycles.